The van der Waals surface area contributed by atoms with Crippen LogP contribution in [0.1, 0.15) is 30.2 Å². The number of aryl methyl sites for hydroxylation is 2. The van der Waals surface area contributed by atoms with E-state index >= 15 is 0 Å². The van der Waals surface area contributed by atoms with Gasteiger partial charge < -0.3 is 4.42 Å². The highest BCUT2D eigenvalue weighted by atomic mass is 16.4. The fraction of sp³-hybridized carbons (Fsp3) is 0.478. The molecule has 0 N–H and O–H groups in total. The van der Waals surface area contributed by atoms with Crippen LogP contribution in [0.5, 0.6) is 0 Å². The van der Waals surface area contributed by atoms with Crippen molar-refractivity contribution in [3.8, 4) is 11.3 Å². The van der Waals surface area contributed by atoms with Crippen LogP contribution >= 0.6 is 0 Å². The Morgan fingerprint density at radius 2 is 1.68 bits per heavy atom. The van der Waals surface area contributed by atoms with Crippen molar-refractivity contribution >= 4 is 0 Å². The zero-order valence-electron chi connectivity index (χ0n) is 17.7. The molecule has 1 aliphatic carbocycles. The number of piperazine rings is 1. The van der Waals surface area contributed by atoms with Crippen LogP contribution in [0.15, 0.2) is 45.9 Å². The van der Waals surface area contributed by atoms with Gasteiger partial charge in [-0.1, -0.05) is 0 Å². The summed E-state index contributed by atoms with van der Waals surface area (Å²) in [5.74, 6) is 1.97. The van der Waals surface area contributed by atoms with Crippen LogP contribution in [-0.4, -0.2) is 62.3 Å². The molecule has 0 amide bonds. The molecule has 8 nitrogen and oxygen atoms in total. The Morgan fingerprint density at radius 3 is 2.48 bits per heavy atom. The molecule has 3 aromatic heterocycles. The van der Waals surface area contributed by atoms with E-state index in [-0.39, 0.29) is 5.56 Å². The summed E-state index contributed by atoms with van der Waals surface area (Å²) in [6, 6.07) is 7.17. The summed E-state index contributed by atoms with van der Waals surface area (Å²) in [5.41, 5.74) is 2.86. The molecule has 0 aromatic carbocycles. The quantitative estimate of drug-likeness (QED) is 0.603. The lowest BCUT2D eigenvalue weighted by molar-refractivity contribution is 0.115. The largest absolute Gasteiger partial charge is 0.444 e. The van der Waals surface area contributed by atoms with Crippen LogP contribution < -0.4 is 5.56 Å². The van der Waals surface area contributed by atoms with Gasteiger partial charge in [0.2, 0.25) is 5.89 Å². The standard InChI is InChI=1S/C23H28N6O2/c30-23-6-5-19(18-7-9-24-10-8-18)26-29(23)16-15-27-11-13-28(14-12-27)17-22-25-20-3-1-2-4-21(20)31-22/h5-10H,1-4,11-17H2. The summed E-state index contributed by atoms with van der Waals surface area (Å²) in [5, 5.41) is 4.55. The first-order chi connectivity index (χ1) is 15.2. The van der Waals surface area contributed by atoms with Crippen molar-refractivity contribution in [3.63, 3.8) is 0 Å². The van der Waals surface area contributed by atoms with Crippen LogP contribution in [0.2, 0.25) is 0 Å². The van der Waals surface area contributed by atoms with E-state index in [4.69, 9.17) is 9.40 Å². The van der Waals surface area contributed by atoms with E-state index in [1.165, 1.54) is 18.5 Å². The lowest BCUT2D eigenvalue weighted by atomic mass is 10.0. The Bertz CT molecular complexity index is 1050. The van der Waals surface area contributed by atoms with Crippen molar-refractivity contribution < 1.29 is 4.42 Å². The van der Waals surface area contributed by atoms with Crippen molar-refractivity contribution in [1.82, 2.24) is 29.5 Å². The molecule has 4 heterocycles. The predicted molar refractivity (Wildman–Crippen MR) is 117 cm³/mol. The highest BCUT2D eigenvalue weighted by molar-refractivity contribution is 5.56. The highest BCUT2D eigenvalue weighted by Crippen LogP contribution is 2.22. The molecule has 31 heavy (non-hydrogen) atoms. The van der Waals surface area contributed by atoms with E-state index in [0.717, 1.165) is 75.0 Å². The Labute approximate surface area is 181 Å². The number of rotatable bonds is 6. The van der Waals surface area contributed by atoms with Gasteiger partial charge in [0.1, 0.15) is 5.76 Å². The maximum absolute atomic E-state index is 12.3. The van der Waals surface area contributed by atoms with Gasteiger partial charge in [-0.25, -0.2) is 9.67 Å². The smallest absolute Gasteiger partial charge is 0.266 e. The molecule has 1 saturated heterocycles. The van der Waals surface area contributed by atoms with E-state index in [0.29, 0.717) is 6.54 Å². The topological polar surface area (TPSA) is 80.3 Å². The molecule has 0 unspecified atom stereocenters. The summed E-state index contributed by atoms with van der Waals surface area (Å²) in [4.78, 5) is 25.8. The number of pyridine rings is 1. The first-order valence-corrected chi connectivity index (χ1v) is 11.2. The third kappa shape index (κ3) is 4.75. The molecule has 3 aromatic rings. The van der Waals surface area contributed by atoms with Gasteiger partial charge in [0.25, 0.3) is 5.56 Å². The average Bonchev–Trinajstić information content (AvgIpc) is 3.22. The molecule has 2 aliphatic rings. The zero-order valence-corrected chi connectivity index (χ0v) is 17.7. The fourth-order valence-electron chi connectivity index (χ4n) is 4.36. The summed E-state index contributed by atoms with van der Waals surface area (Å²) in [6.07, 6.45) is 8.00. The van der Waals surface area contributed by atoms with Crippen LogP contribution in [0, 0.1) is 0 Å². The van der Waals surface area contributed by atoms with Crippen LogP contribution in [0.4, 0.5) is 0 Å². The first-order valence-electron chi connectivity index (χ1n) is 11.2. The maximum Gasteiger partial charge on any atom is 0.266 e. The Morgan fingerprint density at radius 1 is 0.903 bits per heavy atom. The normalized spacial score (nSPS) is 17.5. The Kier molecular flexibility index (Phi) is 5.90. The number of oxazole rings is 1. The minimum absolute atomic E-state index is 0.0655. The van der Waals surface area contributed by atoms with Gasteiger partial charge in [0.05, 0.1) is 24.5 Å². The fourth-order valence-corrected chi connectivity index (χ4v) is 4.36. The van der Waals surface area contributed by atoms with Crippen molar-refractivity contribution in [2.75, 3.05) is 32.7 Å². The summed E-state index contributed by atoms with van der Waals surface area (Å²) < 4.78 is 7.55. The summed E-state index contributed by atoms with van der Waals surface area (Å²) in [6.45, 7) is 6.09. The van der Waals surface area contributed by atoms with Gasteiger partial charge in [-0.2, -0.15) is 5.10 Å². The average molecular weight is 421 g/mol. The number of aromatic nitrogens is 4. The van der Waals surface area contributed by atoms with Gasteiger partial charge >= 0.3 is 0 Å². The first kappa shape index (κ1) is 20.1. The molecule has 162 valence electrons. The minimum atomic E-state index is -0.0655. The van der Waals surface area contributed by atoms with Crippen molar-refractivity contribution in [2.24, 2.45) is 0 Å². The minimum Gasteiger partial charge on any atom is -0.444 e. The number of nitrogens with zero attached hydrogens (tertiary/aromatic N) is 6. The molecule has 0 radical (unpaired) electrons. The molecule has 1 fully saturated rings. The van der Waals surface area contributed by atoms with Crippen molar-refractivity contribution in [3.05, 3.63) is 64.4 Å². The molecule has 0 spiro atoms. The second-order valence-corrected chi connectivity index (χ2v) is 8.32. The molecule has 0 bridgehead atoms. The maximum atomic E-state index is 12.3. The molecule has 0 saturated carbocycles. The van der Waals surface area contributed by atoms with Crippen LogP contribution in [0.25, 0.3) is 11.3 Å². The second kappa shape index (κ2) is 9.11. The second-order valence-electron chi connectivity index (χ2n) is 8.32. The van der Waals surface area contributed by atoms with Gasteiger partial charge in [-0.3, -0.25) is 19.6 Å². The molecular weight excluding hydrogens is 392 g/mol. The highest BCUT2D eigenvalue weighted by Gasteiger charge is 2.21. The van der Waals surface area contributed by atoms with E-state index in [1.807, 2.05) is 12.1 Å². The summed E-state index contributed by atoms with van der Waals surface area (Å²) >= 11 is 0. The molecule has 5 rings (SSSR count). The van der Waals surface area contributed by atoms with E-state index in [9.17, 15) is 4.79 Å². The van der Waals surface area contributed by atoms with Crippen molar-refractivity contribution in [2.45, 2.75) is 38.8 Å². The van der Waals surface area contributed by atoms with E-state index in [1.54, 1.807) is 29.2 Å². The van der Waals surface area contributed by atoms with Crippen molar-refractivity contribution in [1.29, 1.82) is 0 Å². The lowest BCUT2D eigenvalue weighted by Gasteiger charge is -2.33. The van der Waals surface area contributed by atoms with E-state index in [2.05, 4.69) is 19.9 Å². The lowest BCUT2D eigenvalue weighted by Crippen LogP contribution is -2.47. The SMILES string of the molecule is O=c1ccc(-c2ccncc2)nn1CCN1CCN(Cc2nc3c(o2)CCCC3)CC1. The third-order valence-corrected chi connectivity index (χ3v) is 6.18. The number of hydrogen-bond acceptors (Lipinski definition) is 7. The number of fused-ring (bicyclic) bond motifs is 1. The zero-order chi connectivity index (χ0) is 21.0. The van der Waals surface area contributed by atoms with Crippen LogP contribution in [0.3, 0.4) is 0 Å². The molecular formula is C23H28N6O2. The van der Waals surface area contributed by atoms with Gasteiger partial charge in [-0.15, -0.1) is 0 Å². The third-order valence-electron chi connectivity index (χ3n) is 6.18. The predicted octanol–water partition coefficient (Wildman–Crippen LogP) is 1.99. The molecule has 1 aliphatic heterocycles. The van der Waals surface area contributed by atoms with Gasteiger partial charge in [-0.05, 0) is 37.5 Å². The Balaban J connectivity index is 1.14. The molecule has 0 atom stereocenters. The monoisotopic (exact) mass is 420 g/mol. The Hall–Kier alpha value is -2.84. The molecule has 8 heteroatoms. The van der Waals surface area contributed by atoms with Crippen LogP contribution in [-0.2, 0) is 25.9 Å². The number of hydrogen-bond donors (Lipinski definition) is 0. The van der Waals surface area contributed by atoms with E-state index < -0.39 is 0 Å². The summed E-state index contributed by atoms with van der Waals surface area (Å²) in [7, 11) is 0. The van der Waals surface area contributed by atoms with Gasteiger partial charge in [0, 0.05) is 63.2 Å². The van der Waals surface area contributed by atoms with Gasteiger partial charge in [0.15, 0.2) is 0 Å².